The lowest BCUT2D eigenvalue weighted by Gasteiger charge is -2.55. The molecule has 0 saturated heterocycles. The average molecular weight is 489 g/mol. The Morgan fingerprint density at radius 1 is 0.914 bits per heavy atom. The van der Waals surface area contributed by atoms with Crippen LogP contribution < -0.4 is 0 Å². The standard InChI is InChI=1S/C31H52O4/c1-5-6-7-8-9-10-11-12-13-14-15-16-17-18-27(32)35-22-24-25-19-20-30(25,4)26-21-29(2,3)23-31(26,34)28(24)33/h26,34H,5-23H2,1-4H3/t26-,30+,31+/m1/s1. The minimum absolute atomic E-state index is 0.00787. The molecule has 0 aliphatic heterocycles. The third-order valence-corrected chi connectivity index (χ3v) is 9.33. The third kappa shape index (κ3) is 6.79. The first-order chi connectivity index (χ1) is 16.6. The summed E-state index contributed by atoms with van der Waals surface area (Å²) in [6, 6.07) is 0. The number of carbonyl (C=O) groups is 2. The Morgan fingerprint density at radius 2 is 1.46 bits per heavy atom. The fourth-order valence-electron chi connectivity index (χ4n) is 7.22. The first kappa shape index (κ1) is 28.4. The second-order valence-corrected chi connectivity index (χ2v) is 12.9. The van der Waals surface area contributed by atoms with Crippen LogP contribution in [0, 0.1) is 16.7 Å². The summed E-state index contributed by atoms with van der Waals surface area (Å²) in [5.74, 6) is -0.392. The maximum Gasteiger partial charge on any atom is 0.306 e. The van der Waals surface area contributed by atoms with Crippen LogP contribution in [0.4, 0.5) is 0 Å². The number of fused-ring (bicyclic) bond motifs is 3. The Bertz CT molecular complexity index is 766. The van der Waals surface area contributed by atoms with E-state index in [2.05, 4.69) is 27.7 Å². The molecule has 0 aromatic rings. The van der Waals surface area contributed by atoms with E-state index in [1.807, 2.05) is 0 Å². The van der Waals surface area contributed by atoms with Gasteiger partial charge in [-0.3, -0.25) is 9.59 Å². The predicted octanol–water partition coefficient (Wildman–Crippen LogP) is 7.86. The molecule has 2 saturated carbocycles. The van der Waals surface area contributed by atoms with Crippen molar-refractivity contribution in [3.8, 4) is 0 Å². The first-order valence-corrected chi connectivity index (χ1v) is 14.8. The van der Waals surface area contributed by atoms with E-state index in [0.717, 1.165) is 37.7 Å². The smallest absolute Gasteiger partial charge is 0.306 e. The molecule has 0 radical (unpaired) electrons. The number of aliphatic hydroxyl groups is 1. The number of hydrogen-bond acceptors (Lipinski definition) is 4. The molecule has 3 aliphatic rings. The molecule has 0 spiro atoms. The van der Waals surface area contributed by atoms with Crippen LogP contribution in [0.3, 0.4) is 0 Å². The Balaban J connectivity index is 1.30. The van der Waals surface area contributed by atoms with Gasteiger partial charge in [-0.15, -0.1) is 0 Å². The zero-order valence-corrected chi connectivity index (χ0v) is 23.2. The van der Waals surface area contributed by atoms with Crippen LogP contribution in [0.2, 0.25) is 0 Å². The van der Waals surface area contributed by atoms with Gasteiger partial charge in [-0.1, -0.05) is 110 Å². The van der Waals surface area contributed by atoms with E-state index < -0.39 is 5.60 Å². The Hall–Kier alpha value is -1.16. The molecule has 0 unspecified atom stereocenters. The van der Waals surface area contributed by atoms with Crippen LogP contribution in [0.5, 0.6) is 0 Å². The second kappa shape index (κ2) is 12.4. The number of rotatable bonds is 16. The van der Waals surface area contributed by atoms with Crippen LogP contribution in [-0.2, 0) is 14.3 Å². The monoisotopic (exact) mass is 488 g/mol. The van der Waals surface area contributed by atoms with Gasteiger partial charge in [-0.2, -0.15) is 0 Å². The molecule has 1 N–H and O–H groups in total. The van der Waals surface area contributed by atoms with Gasteiger partial charge in [0.05, 0.1) is 0 Å². The molecule has 200 valence electrons. The van der Waals surface area contributed by atoms with Gasteiger partial charge in [0.15, 0.2) is 5.78 Å². The molecule has 3 aliphatic carbocycles. The maximum absolute atomic E-state index is 13.3. The molecule has 3 atom stereocenters. The van der Waals surface area contributed by atoms with Gasteiger partial charge in [-0.25, -0.2) is 0 Å². The molecular weight excluding hydrogens is 436 g/mol. The number of hydrogen-bond donors (Lipinski definition) is 1. The third-order valence-electron chi connectivity index (χ3n) is 9.33. The number of unbranched alkanes of at least 4 members (excludes halogenated alkanes) is 12. The van der Waals surface area contributed by atoms with Crippen molar-refractivity contribution in [2.45, 2.75) is 149 Å². The summed E-state index contributed by atoms with van der Waals surface area (Å²) in [6.45, 7) is 8.79. The zero-order chi connectivity index (χ0) is 25.5. The van der Waals surface area contributed by atoms with Crippen molar-refractivity contribution in [1.29, 1.82) is 0 Å². The van der Waals surface area contributed by atoms with E-state index in [4.69, 9.17) is 4.74 Å². The summed E-state index contributed by atoms with van der Waals surface area (Å²) in [5, 5.41) is 11.4. The highest BCUT2D eigenvalue weighted by Gasteiger charge is 2.66. The van der Waals surface area contributed by atoms with Crippen molar-refractivity contribution >= 4 is 11.8 Å². The van der Waals surface area contributed by atoms with Crippen molar-refractivity contribution in [2.24, 2.45) is 16.7 Å². The van der Waals surface area contributed by atoms with Gasteiger partial charge in [0.25, 0.3) is 0 Å². The lowest BCUT2D eigenvalue weighted by molar-refractivity contribution is -0.150. The van der Waals surface area contributed by atoms with E-state index in [-0.39, 0.29) is 35.1 Å². The number of ether oxygens (including phenoxy) is 1. The molecule has 4 nitrogen and oxygen atoms in total. The van der Waals surface area contributed by atoms with Crippen molar-refractivity contribution in [1.82, 2.24) is 0 Å². The van der Waals surface area contributed by atoms with E-state index in [0.29, 0.717) is 18.4 Å². The fourth-order valence-corrected chi connectivity index (χ4v) is 7.22. The van der Waals surface area contributed by atoms with Crippen molar-refractivity contribution in [3.63, 3.8) is 0 Å². The highest BCUT2D eigenvalue weighted by molar-refractivity contribution is 6.05. The minimum Gasteiger partial charge on any atom is -0.461 e. The van der Waals surface area contributed by atoms with E-state index in [1.165, 1.54) is 70.6 Å². The summed E-state index contributed by atoms with van der Waals surface area (Å²) in [7, 11) is 0. The van der Waals surface area contributed by atoms with Gasteiger partial charge >= 0.3 is 5.97 Å². The van der Waals surface area contributed by atoms with E-state index >= 15 is 0 Å². The number of allylic oxidation sites excluding steroid dienone is 1. The summed E-state index contributed by atoms with van der Waals surface area (Å²) in [6.07, 6.45) is 20.3. The maximum atomic E-state index is 13.3. The lowest BCUT2D eigenvalue weighted by atomic mass is 9.50. The van der Waals surface area contributed by atoms with Crippen LogP contribution in [0.1, 0.15) is 143 Å². The normalized spacial score (nSPS) is 29.1. The van der Waals surface area contributed by atoms with Crippen LogP contribution in [0.25, 0.3) is 0 Å². The first-order valence-electron chi connectivity index (χ1n) is 14.8. The molecule has 35 heavy (non-hydrogen) atoms. The van der Waals surface area contributed by atoms with E-state index in [1.54, 1.807) is 0 Å². The highest BCUT2D eigenvalue weighted by atomic mass is 16.5. The summed E-state index contributed by atoms with van der Waals surface area (Å²) in [5.41, 5.74) is 0.281. The van der Waals surface area contributed by atoms with Crippen LogP contribution in [-0.4, -0.2) is 29.1 Å². The molecule has 0 aromatic carbocycles. The SMILES string of the molecule is CCCCCCCCCCCCCCCC(=O)OCC1=C2CC[C@]2(C)[C@H]2CC(C)(C)C[C@@]2(O)C1=O. The molecule has 0 heterocycles. The van der Waals surface area contributed by atoms with Crippen LogP contribution >= 0.6 is 0 Å². The number of carbonyl (C=O) groups excluding carboxylic acids is 2. The lowest BCUT2D eigenvalue weighted by Crippen LogP contribution is -2.57. The van der Waals surface area contributed by atoms with Gasteiger partial charge in [0.2, 0.25) is 0 Å². The zero-order valence-electron chi connectivity index (χ0n) is 23.2. The van der Waals surface area contributed by atoms with Gasteiger partial charge in [0.1, 0.15) is 12.2 Å². The molecule has 0 bridgehead atoms. The minimum atomic E-state index is -1.29. The highest BCUT2D eigenvalue weighted by Crippen LogP contribution is 2.66. The molecule has 4 heteroatoms. The van der Waals surface area contributed by atoms with Gasteiger partial charge in [0, 0.05) is 17.9 Å². The molecule has 2 fully saturated rings. The summed E-state index contributed by atoms with van der Waals surface area (Å²) < 4.78 is 5.57. The second-order valence-electron chi connectivity index (χ2n) is 12.9. The largest absolute Gasteiger partial charge is 0.461 e. The summed E-state index contributed by atoms with van der Waals surface area (Å²) in [4.78, 5) is 25.7. The Labute approximate surface area is 214 Å². The fraction of sp³-hybridized carbons (Fsp3) is 0.871. The number of Topliss-reactive ketones (excluding diaryl/α,β-unsaturated/α-hetero) is 1. The predicted molar refractivity (Wildman–Crippen MR) is 142 cm³/mol. The van der Waals surface area contributed by atoms with Crippen LogP contribution in [0.15, 0.2) is 11.1 Å². The topological polar surface area (TPSA) is 63.6 Å². The van der Waals surface area contributed by atoms with Crippen molar-refractivity contribution < 1.29 is 19.4 Å². The Kier molecular flexibility index (Phi) is 10.1. The number of esters is 1. The molecule has 3 rings (SSSR count). The molecule has 0 aromatic heterocycles. The quantitative estimate of drug-likeness (QED) is 0.177. The Morgan fingerprint density at radius 3 is 1.97 bits per heavy atom. The summed E-state index contributed by atoms with van der Waals surface area (Å²) >= 11 is 0. The van der Waals surface area contributed by atoms with E-state index in [9.17, 15) is 14.7 Å². The van der Waals surface area contributed by atoms with Gasteiger partial charge < -0.3 is 9.84 Å². The molecule has 0 amide bonds. The van der Waals surface area contributed by atoms with Crippen molar-refractivity contribution in [3.05, 3.63) is 11.1 Å². The van der Waals surface area contributed by atoms with Crippen molar-refractivity contribution in [2.75, 3.05) is 6.61 Å². The molecular formula is C31H52O4. The average Bonchev–Trinajstić information content (AvgIpc) is 3.07. The number of ketones is 1. The van der Waals surface area contributed by atoms with Gasteiger partial charge in [-0.05, 0) is 42.9 Å².